The molecule has 0 bridgehead atoms. The molecule has 0 amide bonds. The van der Waals surface area contributed by atoms with Gasteiger partial charge in [0.2, 0.25) is 0 Å². The average Bonchev–Trinajstić information content (AvgIpc) is 2.67. The average molecular weight is 362 g/mol. The molecule has 0 aliphatic heterocycles. The Morgan fingerprint density at radius 3 is 1.88 bits per heavy atom. The minimum Gasteiger partial charge on any atom is -0.494 e. The van der Waals surface area contributed by atoms with Gasteiger partial charge in [0.05, 0.1) is 6.61 Å². The van der Waals surface area contributed by atoms with Gasteiger partial charge in [-0.25, -0.2) is 0 Å². The van der Waals surface area contributed by atoms with Gasteiger partial charge < -0.3 is 10.1 Å². The zero-order valence-corrected chi connectivity index (χ0v) is 17.5. The van der Waals surface area contributed by atoms with Gasteiger partial charge in [0, 0.05) is 0 Å². The van der Waals surface area contributed by atoms with Crippen LogP contribution in [0, 0.1) is 0 Å². The van der Waals surface area contributed by atoms with Crippen LogP contribution < -0.4 is 10.1 Å². The second kappa shape index (κ2) is 17.4. The van der Waals surface area contributed by atoms with Crippen molar-refractivity contribution < 1.29 is 4.74 Å². The second-order valence-electron chi connectivity index (χ2n) is 7.53. The fourth-order valence-corrected chi connectivity index (χ4v) is 3.21. The van der Waals surface area contributed by atoms with Crippen LogP contribution in [0.5, 0.6) is 5.75 Å². The van der Waals surface area contributed by atoms with Crippen LogP contribution in [0.2, 0.25) is 0 Å². The van der Waals surface area contributed by atoms with E-state index in [-0.39, 0.29) is 0 Å². The highest BCUT2D eigenvalue weighted by molar-refractivity contribution is 5.27. The van der Waals surface area contributed by atoms with E-state index in [2.05, 4.69) is 43.4 Å². The molecule has 1 aromatic rings. The highest BCUT2D eigenvalue weighted by atomic mass is 16.5. The minimum absolute atomic E-state index is 0.853. The first-order chi connectivity index (χ1) is 12.9. The SMILES string of the molecule is CCCCCCNCCCCCCc1ccc(OCCCCCC)cc1. The quantitative estimate of drug-likeness (QED) is 0.287. The summed E-state index contributed by atoms with van der Waals surface area (Å²) in [7, 11) is 0. The number of hydrogen-bond donors (Lipinski definition) is 1. The Balaban J connectivity index is 1.94. The van der Waals surface area contributed by atoms with Crippen LogP contribution >= 0.6 is 0 Å². The molecule has 0 fully saturated rings. The van der Waals surface area contributed by atoms with Crippen LogP contribution in [0.4, 0.5) is 0 Å². The minimum atomic E-state index is 0.853. The van der Waals surface area contributed by atoms with Gasteiger partial charge in [0.25, 0.3) is 0 Å². The van der Waals surface area contributed by atoms with E-state index in [1.54, 1.807) is 0 Å². The number of rotatable bonds is 18. The number of ether oxygens (including phenoxy) is 1. The fraction of sp³-hybridized carbons (Fsp3) is 0.750. The van der Waals surface area contributed by atoms with Crippen LogP contribution in [0.25, 0.3) is 0 Å². The summed E-state index contributed by atoms with van der Waals surface area (Å²) in [6.07, 6.45) is 17.0. The molecule has 0 heterocycles. The molecule has 0 atom stereocenters. The van der Waals surface area contributed by atoms with E-state index >= 15 is 0 Å². The third kappa shape index (κ3) is 13.2. The molecule has 2 nitrogen and oxygen atoms in total. The van der Waals surface area contributed by atoms with E-state index in [9.17, 15) is 0 Å². The van der Waals surface area contributed by atoms with Gasteiger partial charge in [0.15, 0.2) is 0 Å². The first kappa shape index (κ1) is 23.0. The van der Waals surface area contributed by atoms with Crippen molar-refractivity contribution >= 4 is 0 Å². The summed E-state index contributed by atoms with van der Waals surface area (Å²) >= 11 is 0. The van der Waals surface area contributed by atoms with Crippen molar-refractivity contribution in [1.29, 1.82) is 0 Å². The highest BCUT2D eigenvalue weighted by Gasteiger charge is 1.97. The van der Waals surface area contributed by atoms with Crippen molar-refractivity contribution in [2.24, 2.45) is 0 Å². The van der Waals surface area contributed by atoms with Gasteiger partial charge in [-0.05, 0) is 62.9 Å². The van der Waals surface area contributed by atoms with Crippen LogP contribution in [-0.4, -0.2) is 19.7 Å². The Kier molecular flexibility index (Phi) is 15.4. The molecule has 0 unspecified atom stereocenters. The normalized spacial score (nSPS) is 11.0. The largest absolute Gasteiger partial charge is 0.494 e. The van der Waals surface area contributed by atoms with E-state index in [1.807, 2.05) is 0 Å². The molecule has 0 spiro atoms. The van der Waals surface area contributed by atoms with Crippen molar-refractivity contribution in [2.45, 2.75) is 97.3 Å². The number of hydrogen-bond acceptors (Lipinski definition) is 2. The van der Waals surface area contributed by atoms with Crippen molar-refractivity contribution in [1.82, 2.24) is 5.32 Å². The number of benzene rings is 1. The zero-order valence-electron chi connectivity index (χ0n) is 17.5. The summed E-state index contributed by atoms with van der Waals surface area (Å²) < 4.78 is 5.81. The van der Waals surface area contributed by atoms with Crippen molar-refractivity contribution in [2.75, 3.05) is 19.7 Å². The van der Waals surface area contributed by atoms with Gasteiger partial charge in [-0.15, -0.1) is 0 Å². The lowest BCUT2D eigenvalue weighted by Crippen LogP contribution is -2.16. The number of nitrogens with one attached hydrogen (secondary N) is 1. The monoisotopic (exact) mass is 361 g/mol. The standard InChI is InChI=1S/C24H43NO/c1-3-5-7-12-20-25-21-13-10-9-11-15-23-16-18-24(19-17-23)26-22-14-8-6-4-2/h16-19,25H,3-15,20-22H2,1-2H3. The fourth-order valence-electron chi connectivity index (χ4n) is 3.21. The van der Waals surface area contributed by atoms with E-state index in [0.717, 1.165) is 12.4 Å². The molecular weight excluding hydrogens is 318 g/mol. The van der Waals surface area contributed by atoms with Gasteiger partial charge in [-0.3, -0.25) is 0 Å². The molecule has 0 aromatic heterocycles. The highest BCUT2D eigenvalue weighted by Crippen LogP contribution is 2.15. The van der Waals surface area contributed by atoms with Gasteiger partial charge in [-0.2, -0.15) is 0 Å². The van der Waals surface area contributed by atoms with Crippen molar-refractivity contribution in [3.63, 3.8) is 0 Å². The van der Waals surface area contributed by atoms with Gasteiger partial charge >= 0.3 is 0 Å². The van der Waals surface area contributed by atoms with Gasteiger partial charge in [0.1, 0.15) is 5.75 Å². The maximum absolute atomic E-state index is 5.81. The summed E-state index contributed by atoms with van der Waals surface area (Å²) in [5.41, 5.74) is 1.44. The van der Waals surface area contributed by atoms with Crippen LogP contribution in [0.3, 0.4) is 0 Å². The second-order valence-corrected chi connectivity index (χ2v) is 7.53. The molecule has 0 aliphatic rings. The summed E-state index contributed by atoms with van der Waals surface area (Å²) in [4.78, 5) is 0. The van der Waals surface area contributed by atoms with E-state index in [1.165, 1.54) is 102 Å². The zero-order chi connectivity index (χ0) is 18.7. The predicted octanol–water partition coefficient (Wildman–Crippen LogP) is 6.92. The van der Waals surface area contributed by atoms with Crippen LogP contribution in [0.15, 0.2) is 24.3 Å². The Morgan fingerprint density at radius 2 is 1.23 bits per heavy atom. The Hall–Kier alpha value is -1.02. The summed E-state index contributed by atoms with van der Waals surface area (Å²) in [5, 5.41) is 3.57. The molecule has 1 N–H and O–H groups in total. The Labute approximate surface area is 163 Å². The summed E-state index contributed by atoms with van der Waals surface area (Å²) in [6.45, 7) is 7.76. The summed E-state index contributed by atoms with van der Waals surface area (Å²) in [6, 6.07) is 8.74. The first-order valence-electron chi connectivity index (χ1n) is 11.3. The van der Waals surface area contributed by atoms with Crippen LogP contribution in [0.1, 0.15) is 96.5 Å². The molecule has 2 heteroatoms. The van der Waals surface area contributed by atoms with Crippen molar-refractivity contribution in [3.05, 3.63) is 29.8 Å². The molecule has 0 radical (unpaired) electrons. The molecular formula is C24H43NO. The Bertz CT molecular complexity index is 401. The molecule has 0 saturated carbocycles. The van der Waals surface area contributed by atoms with E-state index < -0.39 is 0 Å². The lowest BCUT2D eigenvalue weighted by Gasteiger charge is -2.07. The molecule has 1 rings (SSSR count). The lowest BCUT2D eigenvalue weighted by atomic mass is 10.1. The number of aryl methyl sites for hydroxylation is 1. The lowest BCUT2D eigenvalue weighted by molar-refractivity contribution is 0.305. The number of unbranched alkanes of at least 4 members (excludes halogenated alkanes) is 9. The molecule has 0 aliphatic carbocycles. The van der Waals surface area contributed by atoms with Crippen molar-refractivity contribution in [3.8, 4) is 5.75 Å². The first-order valence-corrected chi connectivity index (χ1v) is 11.3. The molecule has 0 saturated heterocycles. The predicted molar refractivity (Wildman–Crippen MR) is 115 cm³/mol. The Morgan fingerprint density at radius 1 is 0.654 bits per heavy atom. The van der Waals surface area contributed by atoms with Gasteiger partial charge in [-0.1, -0.05) is 77.3 Å². The third-order valence-corrected chi connectivity index (χ3v) is 4.97. The topological polar surface area (TPSA) is 21.3 Å². The smallest absolute Gasteiger partial charge is 0.119 e. The van der Waals surface area contributed by atoms with E-state index in [0.29, 0.717) is 0 Å². The third-order valence-electron chi connectivity index (χ3n) is 4.97. The molecule has 150 valence electrons. The maximum Gasteiger partial charge on any atom is 0.119 e. The summed E-state index contributed by atoms with van der Waals surface area (Å²) in [5.74, 6) is 1.02. The van der Waals surface area contributed by atoms with Crippen LogP contribution in [-0.2, 0) is 6.42 Å². The molecule has 26 heavy (non-hydrogen) atoms. The maximum atomic E-state index is 5.81. The van der Waals surface area contributed by atoms with E-state index in [4.69, 9.17) is 4.74 Å². The molecule has 1 aromatic carbocycles.